The SMILES string of the molecule is CCN(CCc1ccncc1)C(=O)Cc1ccc(N)cc1. The van der Waals surface area contributed by atoms with Crippen molar-refractivity contribution >= 4 is 11.6 Å². The highest BCUT2D eigenvalue weighted by molar-refractivity contribution is 5.78. The van der Waals surface area contributed by atoms with E-state index in [-0.39, 0.29) is 5.91 Å². The van der Waals surface area contributed by atoms with Gasteiger partial charge in [-0.2, -0.15) is 0 Å². The molecule has 0 bridgehead atoms. The van der Waals surface area contributed by atoms with Crippen molar-refractivity contribution in [3.8, 4) is 0 Å². The Balaban J connectivity index is 1.90. The van der Waals surface area contributed by atoms with Crippen molar-refractivity contribution in [2.24, 2.45) is 0 Å². The van der Waals surface area contributed by atoms with E-state index in [4.69, 9.17) is 5.73 Å². The molecule has 0 saturated carbocycles. The lowest BCUT2D eigenvalue weighted by atomic mass is 10.1. The van der Waals surface area contributed by atoms with E-state index in [0.29, 0.717) is 6.42 Å². The van der Waals surface area contributed by atoms with Gasteiger partial charge in [0.2, 0.25) is 5.91 Å². The number of rotatable bonds is 6. The van der Waals surface area contributed by atoms with Gasteiger partial charge in [0, 0.05) is 31.2 Å². The molecule has 21 heavy (non-hydrogen) atoms. The molecule has 4 heteroatoms. The minimum absolute atomic E-state index is 0.149. The molecule has 0 aliphatic rings. The van der Waals surface area contributed by atoms with Crippen molar-refractivity contribution in [2.45, 2.75) is 19.8 Å². The van der Waals surface area contributed by atoms with Gasteiger partial charge in [-0.25, -0.2) is 0 Å². The molecule has 0 saturated heterocycles. The third-order valence-corrected chi connectivity index (χ3v) is 3.49. The van der Waals surface area contributed by atoms with Gasteiger partial charge in [-0.3, -0.25) is 9.78 Å². The Bertz CT molecular complexity index is 566. The lowest BCUT2D eigenvalue weighted by Gasteiger charge is -2.21. The number of anilines is 1. The van der Waals surface area contributed by atoms with E-state index in [2.05, 4.69) is 4.98 Å². The molecule has 110 valence electrons. The van der Waals surface area contributed by atoms with Crippen molar-refractivity contribution in [2.75, 3.05) is 18.8 Å². The van der Waals surface area contributed by atoms with Crippen molar-refractivity contribution in [3.63, 3.8) is 0 Å². The average Bonchev–Trinajstić information content (AvgIpc) is 2.51. The number of amides is 1. The topological polar surface area (TPSA) is 59.2 Å². The summed E-state index contributed by atoms with van der Waals surface area (Å²) in [7, 11) is 0. The maximum atomic E-state index is 12.3. The largest absolute Gasteiger partial charge is 0.399 e. The second-order valence-electron chi connectivity index (χ2n) is 5.00. The van der Waals surface area contributed by atoms with Crippen LogP contribution < -0.4 is 5.73 Å². The summed E-state index contributed by atoms with van der Waals surface area (Å²) in [5.74, 6) is 0.149. The van der Waals surface area contributed by atoms with Crippen LogP contribution in [0.5, 0.6) is 0 Å². The van der Waals surface area contributed by atoms with E-state index in [1.807, 2.05) is 48.2 Å². The number of carbonyl (C=O) groups is 1. The van der Waals surface area contributed by atoms with Crippen LogP contribution in [-0.2, 0) is 17.6 Å². The summed E-state index contributed by atoms with van der Waals surface area (Å²) >= 11 is 0. The Morgan fingerprint density at radius 2 is 1.76 bits per heavy atom. The Hall–Kier alpha value is -2.36. The van der Waals surface area contributed by atoms with Crippen LogP contribution in [0.15, 0.2) is 48.8 Å². The monoisotopic (exact) mass is 283 g/mol. The zero-order valence-corrected chi connectivity index (χ0v) is 12.3. The summed E-state index contributed by atoms with van der Waals surface area (Å²) in [5.41, 5.74) is 8.57. The molecule has 1 amide bonds. The highest BCUT2D eigenvalue weighted by Crippen LogP contribution is 2.08. The molecule has 1 heterocycles. The van der Waals surface area contributed by atoms with Gasteiger partial charge in [-0.1, -0.05) is 12.1 Å². The van der Waals surface area contributed by atoms with Gasteiger partial charge >= 0.3 is 0 Å². The number of nitrogen functional groups attached to an aromatic ring is 1. The first-order valence-electron chi connectivity index (χ1n) is 7.20. The van der Waals surface area contributed by atoms with Gasteiger partial charge in [-0.05, 0) is 48.7 Å². The molecule has 0 fully saturated rings. The number of likely N-dealkylation sites (N-methyl/N-ethyl adjacent to an activating group) is 1. The molecule has 0 radical (unpaired) electrons. The summed E-state index contributed by atoms with van der Waals surface area (Å²) in [4.78, 5) is 18.2. The maximum Gasteiger partial charge on any atom is 0.226 e. The van der Waals surface area contributed by atoms with Crippen LogP contribution in [-0.4, -0.2) is 28.9 Å². The second-order valence-corrected chi connectivity index (χ2v) is 5.00. The molecule has 2 N–H and O–H groups in total. The lowest BCUT2D eigenvalue weighted by Crippen LogP contribution is -2.33. The molecule has 0 aliphatic carbocycles. The fourth-order valence-electron chi connectivity index (χ4n) is 2.19. The molecule has 4 nitrogen and oxygen atoms in total. The Labute approximate surface area is 125 Å². The number of nitrogens with two attached hydrogens (primary N) is 1. The van der Waals surface area contributed by atoms with Crippen molar-refractivity contribution in [1.82, 2.24) is 9.88 Å². The second kappa shape index (κ2) is 7.43. The van der Waals surface area contributed by atoms with Crippen LogP contribution in [0.3, 0.4) is 0 Å². The molecule has 2 rings (SSSR count). The fraction of sp³-hybridized carbons (Fsp3) is 0.294. The molecule has 2 aromatic rings. The summed E-state index contributed by atoms with van der Waals surface area (Å²) in [6, 6.07) is 11.4. The maximum absolute atomic E-state index is 12.3. The molecule has 1 aromatic carbocycles. The number of pyridine rings is 1. The molecule has 0 aliphatic heterocycles. The fourth-order valence-corrected chi connectivity index (χ4v) is 2.19. The number of hydrogen-bond acceptors (Lipinski definition) is 3. The van der Waals surface area contributed by atoms with Gasteiger partial charge < -0.3 is 10.6 Å². The molecule has 1 aromatic heterocycles. The van der Waals surface area contributed by atoms with Gasteiger partial charge in [0.05, 0.1) is 6.42 Å². The third-order valence-electron chi connectivity index (χ3n) is 3.49. The number of nitrogens with zero attached hydrogens (tertiary/aromatic N) is 2. The van der Waals surface area contributed by atoms with Gasteiger partial charge in [0.25, 0.3) is 0 Å². The quantitative estimate of drug-likeness (QED) is 0.828. The predicted molar refractivity (Wildman–Crippen MR) is 84.8 cm³/mol. The van der Waals surface area contributed by atoms with Crippen LogP contribution >= 0.6 is 0 Å². The molecule has 0 atom stereocenters. The summed E-state index contributed by atoms with van der Waals surface area (Å²) in [5, 5.41) is 0. The zero-order valence-electron chi connectivity index (χ0n) is 12.3. The Morgan fingerprint density at radius 1 is 1.10 bits per heavy atom. The van der Waals surface area contributed by atoms with Crippen molar-refractivity contribution in [1.29, 1.82) is 0 Å². The minimum atomic E-state index is 0.149. The molecule has 0 spiro atoms. The van der Waals surface area contributed by atoms with Crippen molar-refractivity contribution < 1.29 is 4.79 Å². The highest BCUT2D eigenvalue weighted by Gasteiger charge is 2.12. The van der Waals surface area contributed by atoms with Crippen molar-refractivity contribution in [3.05, 3.63) is 59.9 Å². The summed E-state index contributed by atoms with van der Waals surface area (Å²) in [6.45, 7) is 3.46. The smallest absolute Gasteiger partial charge is 0.226 e. The molecular formula is C17H21N3O. The highest BCUT2D eigenvalue weighted by atomic mass is 16.2. The minimum Gasteiger partial charge on any atom is -0.399 e. The van der Waals surface area contributed by atoms with Gasteiger partial charge in [0.1, 0.15) is 0 Å². The van der Waals surface area contributed by atoms with Crippen LogP contribution in [0.2, 0.25) is 0 Å². The van der Waals surface area contributed by atoms with E-state index in [9.17, 15) is 4.79 Å². The Morgan fingerprint density at radius 3 is 2.38 bits per heavy atom. The summed E-state index contributed by atoms with van der Waals surface area (Å²) < 4.78 is 0. The first-order chi connectivity index (χ1) is 10.2. The van der Waals surface area contributed by atoms with E-state index >= 15 is 0 Å². The first kappa shape index (κ1) is 15.0. The number of carbonyl (C=O) groups excluding carboxylic acids is 1. The standard InChI is InChI=1S/C17H21N3O/c1-2-20(12-9-14-7-10-19-11-8-14)17(21)13-15-3-5-16(18)6-4-15/h3-8,10-11H,2,9,12-13,18H2,1H3. The molecule has 0 unspecified atom stereocenters. The van der Waals surface area contributed by atoms with Crippen LogP contribution in [0.4, 0.5) is 5.69 Å². The van der Waals surface area contributed by atoms with E-state index < -0.39 is 0 Å². The molecular weight excluding hydrogens is 262 g/mol. The number of hydrogen-bond donors (Lipinski definition) is 1. The third kappa shape index (κ3) is 4.60. The Kier molecular flexibility index (Phi) is 5.32. The van der Waals surface area contributed by atoms with E-state index in [0.717, 1.165) is 30.8 Å². The first-order valence-corrected chi connectivity index (χ1v) is 7.20. The van der Waals surface area contributed by atoms with Crippen LogP contribution in [0.1, 0.15) is 18.1 Å². The van der Waals surface area contributed by atoms with Crippen LogP contribution in [0.25, 0.3) is 0 Å². The van der Waals surface area contributed by atoms with Gasteiger partial charge in [-0.15, -0.1) is 0 Å². The van der Waals surface area contributed by atoms with E-state index in [1.54, 1.807) is 12.4 Å². The summed E-state index contributed by atoms with van der Waals surface area (Å²) in [6.07, 6.45) is 4.83. The number of aromatic nitrogens is 1. The van der Waals surface area contributed by atoms with E-state index in [1.165, 1.54) is 5.56 Å². The van der Waals surface area contributed by atoms with Gasteiger partial charge in [0.15, 0.2) is 0 Å². The predicted octanol–water partition coefficient (Wildman–Crippen LogP) is 2.30. The van der Waals surface area contributed by atoms with Crippen LogP contribution in [0, 0.1) is 0 Å². The number of benzene rings is 1. The average molecular weight is 283 g/mol. The normalized spacial score (nSPS) is 10.3. The zero-order chi connectivity index (χ0) is 15.1. The lowest BCUT2D eigenvalue weighted by molar-refractivity contribution is -0.130.